The lowest BCUT2D eigenvalue weighted by Gasteiger charge is -2.33. The topological polar surface area (TPSA) is 104 Å². The van der Waals surface area contributed by atoms with Gasteiger partial charge in [-0.15, -0.1) is 0 Å². The average Bonchev–Trinajstić information content (AvgIpc) is 2.38. The van der Waals surface area contributed by atoms with E-state index in [2.05, 4.69) is 0 Å². The third-order valence-corrected chi connectivity index (χ3v) is 2.88. The largest absolute Gasteiger partial charge is 0.481 e. The number of carbonyl (C=O) groups is 3. The Kier molecular flexibility index (Phi) is 3.88. The van der Waals surface area contributed by atoms with Crippen LogP contribution in [0.25, 0.3) is 0 Å². The second kappa shape index (κ2) is 5.60. The fraction of sp³-hybridized carbons (Fsp3) is 0.308. The standard InChI is InChI=1S/C13H13NO6/c15-11(16)5-6-14-8-3-1-2-4-9(8)20-10(13(14)19)7-12(17)18/h1-4,10H,5-7H2,(H,15,16)(H,17,18). The average molecular weight is 279 g/mol. The number of amides is 1. The molecule has 1 amide bonds. The van der Waals surface area contributed by atoms with Gasteiger partial charge in [-0.3, -0.25) is 14.4 Å². The van der Waals surface area contributed by atoms with E-state index in [9.17, 15) is 14.4 Å². The van der Waals surface area contributed by atoms with Crippen LogP contribution in [0, 0.1) is 0 Å². The number of carboxylic acid groups (broad SMARTS) is 2. The molecule has 0 aliphatic carbocycles. The molecule has 106 valence electrons. The Morgan fingerprint density at radius 2 is 1.90 bits per heavy atom. The van der Waals surface area contributed by atoms with E-state index < -0.39 is 30.4 Å². The summed E-state index contributed by atoms with van der Waals surface area (Å²) in [7, 11) is 0. The first kappa shape index (κ1) is 13.9. The summed E-state index contributed by atoms with van der Waals surface area (Å²) in [6.07, 6.45) is -1.81. The minimum atomic E-state index is -1.15. The Morgan fingerprint density at radius 3 is 2.55 bits per heavy atom. The monoisotopic (exact) mass is 279 g/mol. The summed E-state index contributed by atoms with van der Waals surface area (Å²) in [5, 5.41) is 17.5. The number of aliphatic carboxylic acids is 2. The van der Waals surface area contributed by atoms with E-state index in [1.54, 1.807) is 24.3 Å². The summed E-state index contributed by atoms with van der Waals surface area (Å²) in [4.78, 5) is 34.9. The molecule has 0 fully saturated rings. The smallest absolute Gasteiger partial charge is 0.307 e. The molecule has 20 heavy (non-hydrogen) atoms. The van der Waals surface area contributed by atoms with Gasteiger partial charge in [0.15, 0.2) is 6.10 Å². The number of hydrogen-bond acceptors (Lipinski definition) is 4. The minimum absolute atomic E-state index is 0.0232. The Morgan fingerprint density at radius 1 is 1.20 bits per heavy atom. The molecule has 1 aliphatic rings. The molecule has 1 unspecified atom stereocenters. The van der Waals surface area contributed by atoms with Gasteiger partial charge < -0.3 is 19.8 Å². The van der Waals surface area contributed by atoms with Gasteiger partial charge in [0.05, 0.1) is 18.5 Å². The molecule has 0 aromatic heterocycles. The Balaban J connectivity index is 2.29. The van der Waals surface area contributed by atoms with E-state index in [-0.39, 0.29) is 13.0 Å². The first-order valence-electron chi connectivity index (χ1n) is 5.99. The van der Waals surface area contributed by atoms with Crippen LogP contribution in [0.2, 0.25) is 0 Å². The molecule has 1 aromatic carbocycles. The van der Waals surface area contributed by atoms with Gasteiger partial charge in [0.2, 0.25) is 0 Å². The number of hydrogen-bond donors (Lipinski definition) is 2. The zero-order chi connectivity index (χ0) is 14.7. The second-order valence-electron chi connectivity index (χ2n) is 4.31. The quantitative estimate of drug-likeness (QED) is 0.823. The Hall–Kier alpha value is -2.57. The van der Waals surface area contributed by atoms with Crippen molar-refractivity contribution < 1.29 is 29.3 Å². The second-order valence-corrected chi connectivity index (χ2v) is 4.31. The van der Waals surface area contributed by atoms with E-state index >= 15 is 0 Å². The molecule has 1 aromatic rings. The minimum Gasteiger partial charge on any atom is -0.481 e. The fourth-order valence-corrected chi connectivity index (χ4v) is 2.00. The maximum atomic E-state index is 12.2. The van der Waals surface area contributed by atoms with Crippen LogP contribution in [0.1, 0.15) is 12.8 Å². The van der Waals surface area contributed by atoms with Crippen molar-refractivity contribution in [2.75, 3.05) is 11.4 Å². The van der Waals surface area contributed by atoms with E-state index in [0.717, 1.165) is 0 Å². The van der Waals surface area contributed by atoms with E-state index in [4.69, 9.17) is 14.9 Å². The molecule has 0 bridgehead atoms. The first-order chi connectivity index (χ1) is 9.49. The molecule has 0 saturated heterocycles. The molecule has 0 radical (unpaired) electrons. The summed E-state index contributed by atoms with van der Waals surface area (Å²) < 4.78 is 5.37. The normalized spacial score (nSPS) is 17.3. The molecule has 0 saturated carbocycles. The molecule has 1 heterocycles. The summed E-state index contributed by atoms with van der Waals surface area (Å²) in [5.41, 5.74) is 0.459. The van der Waals surface area contributed by atoms with Gasteiger partial charge >= 0.3 is 11.9 Å². The van der Waals surface area contributed by atoms with E-state index in [0.29, 0.717) is 11.4 Å². The highest BCUT2D eigenvalue weighted by molar-refractivity contribution is 6.01. The molecular weight excluding hydrogens is 266 g/mol. The highest BCUT2D eigenvalue weighted by atomic mass is 16.5. The molecule has 7 nitrogen and oxygen atoms in total. The molecule has 7 heteroatoms. The van der Waals surface area contributed by atoms with Gasteiger partial charge in [0.1, 0.15) is 5.75 Å². The van der Waals surface area contributed by atoms with Crippen molar-refractivity contribution >= 4 is 23.5 Å². The molecular formula is C13H13NO6. The molecule has 1 aliphatic heterocycles. The van der Waals surface area contributed by atoms with Crippen molar-refractivity contribution in [3.8, 4) is 5.75 Å². The number of nitrogens with zero attached hydrogens (tertiary/aromatic N) is 1. The molecule has 2 rings (SSSR count). The molecule has 1 atom stereocenters. The lowest BCUT2D eigenvalue weighted by Crippen LogP contribution is -2.47. The zero-order valence-electron chi connectivity index (χ0n) is 10.5. The third kappa shape index (κ3) is 2.87. The number of para-hydroxylation sites is 2. The van der Waals surface area contributed by atoms with Crippen molar-refractivity contribution in [3.63, 3.8) is 0 Å². The SMILES string of the molecule is O=C(O)CCN1C(=O)C(CC(=O)O)Oc2ccccc21. The van der Waals surface area contributed by atoms with Gasteiger partial charge in [-0.2, -0.15) is 0 Å². The van der Waals surface area contributed by atoms with Gasteiger partial charge in [0, 0.05) is 6.54 Å². The van der Waals surface area contributed by atoms with Crippen molar-refractivity contribution in [1.82, 2.24) is 0 Å². The van der Waals surface area contributed by atoms with Crippen molar-refractivity contribution in [1.29, 1.82) is 0 Å². The molecule has 0 spiro atoms. The van der Waals surface area contributed by atoms with Crippen LogP contribution in [-0.4, -0.2) is 40.7 Å². The van der Waals surface area contributed by atoms with Crippen LogP contribution in [-0.2, 0) is 14.4 Å². The van der Waals surface area contributed by atoms with E-state index in [1.807, 2.05) is 0 Å². The van der Waals surface area contributed by atoms with Crippen LogP contribution in [0.4, 0.5) is 5.69 Å². The van der Waals surface area contributed by atoms with Crippen LogP contribution in [0.5, 0.6) is 5.75 Å². The lowest BCUT2D eigenvalue weighted by molar-refractivity contribution is -0.143. The molecule has 2 N–H and O–H groups in total. The van der Waals surface area contributed by atoms with Crippen LogP contribution < -0.4 is 9.64 Å². The fourth-order valence-electron chi connectivity index (χ4n) is 2.00. The van der Waals surface area contributed by atoms with Crippen molar-refractivity contribution in [2.45, 2.75) is 18.9 Å². The number of anilines is 1. The van der Waals surface area contributed by atoms with Gasteiger partial charge in [-0.05, 0) is 12.1 Å². The highest BCUT2D eigenvalue weighted by Gasteiger charge is 2.35. The number of ether oxygens (including phenoxy) is 1. The van der Waals surface area contributed by atoms with Crippen molar-refractivity contribution in [3.05, 3.63) is 24.3 Å². The predicted molar refractivity (Wildman–Crippen MR) is 67.7 cm³/mol. The number of fused-ring (bicyclic) bond motifs is 1. The van der Waals surface area contributed by atoms with Gasteiger partial charge in [-0.25, -0.2) is 0 Å². The predicted octanol–water partition coefficient (Wildman–Crippen LogP) is 0.730. The van der Waals surface area contributed by atoms with Crippen LogP contribution in [0.15, 0.2) is 24.3 Å². The maximum Gasteiger partial charge on any atom is 0.307 e. The zero-order valence-corrected chi connectivity index (χ0v) is 10.5. The van der Waals surface area contributed by atoms with E-state index in [1.165, 1.54) is 4.90 Å². The van der Waals surface area contributed by atoms with Gasteiger partial charge in [-0.1, -0.05) is 12.1 Å². The summed E-state index contributed by atoms with van der Waals surface area (Å²) in [6, 6.07) is 6.64. The first-order valence-corrected chi connectivity index (χ1v) is 5.99. The number of carboxylic acids is 2. The maximum absolute atomic E-state index is 12.2. The van der Waals surface area contributed by atoms with Crippen LogP contribution in [0.3, 0.4) is 0 Å². The number of rotatable bonds is 5. The third-order valence-electron chi connectivity index (χ3n) is 2.88. The van der Waals surface area contributed by atoms with Gasteiger partial charge in [0.25, 0.3) is 5.91 Å². The summed E-state index contributed by atoms with van der Waals surface area (Å²) >= 11 is 0. The Labute approximate surface area is 114 Å². The van der Waals surface area contributed by atoms with Crippen LogP contribution >= 0.6 is 0 Å². The summed E-state index contributed by atoms with van der Waals surface area (Å²) in [5.74, 6) is -2.34. The number of benzene rings is 1. The summed E-state index contributed by atoms with van der Waals surface area (Å²) in [6.45, 7) is -0.0232. The Bertz CT molecular complexity index is 556. The van der Waals surface area contributed by atoms with Crippen molar-refractivity contribution in [2.24, 2.45) is 0 Å². The lowest BCUT2D eigenvalue weighted by atomic mass is 10.1. The highest BCUT2D eigenvalue weighted by Crippen LogP contribution is 2.34. The number of carbonyl (C=O) groups excluding carboxylic acids is 1.